The summed E-state index contributed by atoms with van der Waals surface area (Å²) in [5.74, 6) is 0. The summed E-state index contributed by atoms with van der Waals surface area (Å²) in [6.45, 7) is 14.3. The van der Waals surface area contributed by atoms with Crippen LogP contribution in [0.5, 0.6) is 0 Å². The van der Waals surface area contributed by atoms with Gasteiger partial charge in [0.05, 0.1) is 5.41 Å². The lowest BCUT2D eigenvalue weighted by Gasteiger charge is -2.39. The smallest absolute Gasteiger partial charge is 0.0724 e. The van der Waals surface area contributed by atoms with Crippen LogP contribution >= 0.6 is 10.0 Å². The van der Waals surface area contributed by atoms with Crippen LogP contribution in [0.15, 0.2) is 233 Å². The third-order valence-corrected chi connectivity index (χ3v) is 16.5. The van der Waals surface area contributed by atoms with Crippen LogP contribution in [0, 0.1) is 13.8 Å². The first-order valence-electron chi connectivity index (χ1n) is 20.6. The van der Waals surface area contributed by atoms with Gasteiger partial charge in [-0.3, -0.25) is 0 Å². The second kappa shape index (κ2) is 15.4. The molecule has 0 saturated heterocycles. The largest absolute Gasteiger partial charge is 0.163 e. The Hall–Kier alpha value is -6.41. The second-order valence-corrected chi connectivity index (χ2v) is 19.3. The van der Waals surface area contributed by atoms with E-state index >= 15 is 0 Å². The van der Waals surface area contributed by atoms with Gasteiger partial charge in [0.2, 0.25) is 0 Å². The lowest BCUT2D eigenvalue weighted by molar-refractivity contribution is 0.751. The van der Waals surface area contributed by atoms with Crippen molar-refractivity contribution in [2.24, 2.45) is 0 Å². The molecule has 0 N–H and O–H groups in total. The van der Waals surface area contributed by atoms with Crippen molar-refractivity contribution < 1.29 is 0 Å². The molecule has 0 unspecified atom stereocenters. The molecule has 8 aromatic rings. The van der Waals surface area contributed by atoms with Gasteiger partial charge in [-0.2, -0.15) is 10.0 Å². The predicted molar refractivity (Wildman–Crippen MR) is 254 cm³/mol. The fourth-order valence-electron chi connectivity index (χ4n) is 9.74. The maximum absolute atomic E-state index is 5.13. The molecule has 0 saturated carbocycles. The summed E-state index contributed by atoms with van der Waals surface area (Å²) in [7, 11) is -1.48. The highest BCUT2D eigenvalue weighted by Crippen LogP contribution is 2.66. The molecule has 288 valence electrons. The van der Waals surface area contributed by atoms with Crippen molar-refractivity contribution in [3.05, 3.63) is 262 Å². The first-order valence-corrected chi connectivity index (χ1v) is 22.6. The van der Waals surface area contributed by atoms with Crippen molar-refractivity contribution in [2.75, 3.05) is 6.26 Å². The van der Waals surface area contributed by atoms with E-state index in [2.05, 4.69) is 234 Å². The third-order valence-electron chi connectivity index (χ3n) is 12.9. The molecular formula is C58H50S. The van der Waals surface area contributed by atoms with Crippen molar-refractivity contribution in [2.45, 2.75) is 47.8 Å². The molecule has 8 aromatic carbocycles. The maximum Gasteiger partial charge on any atom is 0.0724 e. The van der Waals surface area contributed by atoms with Crippen LogP contribution < -0.4 is 0 Å². The molecular weight excluding hydrogens is 729 g/mol. The molecule has 1 heteroatoms. The minimum atomic E-state index is -1.48. The van der Waals surface area contributed by atoms with Gasteiger partial charge < -0.3 is 0 Å². The topological polar surface area (TPSA) is 0 Å². The summed E-state index contributed by atoms with van der Waals surface area (Å²) in [6.07, 6.45) is 2.43. The molecule has 59 heavy (non-hydrogen) atoms. The van der Waals surface area contributed by atoms with E-state index < -0.39 is 15.4 Å². The summed E-state index contributed by atoms with van der Waals surface area (Å²) < 4.78 is 0. The Labute approximate surface area is 352 Å². The van der Waals surface area contributed by atoms with Gasteiger partial charge in [0.1, 0.15) is 0 Å². The zero-order valence-corrected chi connectivity index (χ0v) is 35.5. The van der Waals surface area contributed by atoms with Crippen molar-refractivity contribution in [1.82, 2.24) is 0 Å². The summed E-state index contributed by atoms with van der Waals surface area (Å²) in [5, 5.41) is 2.42. The number of hydrogen-bond donors (Lipinski definition) is 0. The van der Waals surface area contributed by atoms with Gasteiger partial charge in [0.15, 0.2) is 0 Å². The van der Waals surface area contributed by atoms with Crippen LogP contribution in [-0.2, 0) is 5.41 Å². The molecule has 0 bridgehead atoms. The Bertz CT molecular complexity index is 2840. The highest BCUT2D eigenvalue weighted by Gasteiger charge is 2.50. The quantitative estimate of drug-likeness (QED) is 0.137. The van der Waals surface area contributed by atoms with Gasteiger partial charge in [-0.1, -0.05) is 170 Å². The van der Waals surface area contributed by atoms with Crippen LogP contribution in [0.3, 0.4) is 0 Å². The summed E-state index contributed by atoms with van der Waals surface area (Å²) in [4.78, 5) is 4.06. The van der Waals surface area contributed by atoms with Crippen molar-refractivity contribution in [3.8, 4) is 0 Å². The Morgan fingerprint density at radius 1 is 0.458 bits per heavy atom. The normalized spacial score (nSPS) is 14.2. The van der Waals surface area contributed by atoms with E-state index in [1.807, 2.05) is 0 Å². The van der Waals surface area contributed by atoms with E-state index in [9.17, 15) is 0 Å². The van der Waals surface area contributed by atoms with Gasteiger partial charge in [0, 0.05) is 0 Å². The van der Waals surface area contributed by atoms with Crippen molar-refractivity contribution in [1.29, 1.82) is 0 Å². The summed E-state index contributed by atoms with van der Waals surface area (Å²) in [5.41, 5.74) is 15.5. The first kappa shape index (κ1) is 38.1. The number of fused-ring (bicyclic) bond motifs is 2. The molecule has 9 rings (SSSR count). The Morgan fingerprint density at radius 2 is 0.932 bits per heavy atom. The molecule has 0 nitrogen and oxygen atoms in total. The van der Waals surface area contributed by atoms with Crippen LogP contribution in [0.4, 0.5) is 0 Å². The first-order chi connectivity index (χ1) is 28.8. The second-order valence-electron chi connectivity index (χ2n) is 16.0. The molecule has 1 aliphatic carbocycles. The maximum atomic E-state index is 5.13. The van der Waals surface area contributed by atoms with E-state index in [4.69, 9.17) is 6.58 Å². The predicted octanol–water partition coefficient (Wildman–Crippen LogP) is 15.7. The molecule has 0 atom stereocenters. The molecule has 0 radical (unpaired) electrons. The molecule has 0 aromatic heterocycles. The number of aryl methyl sites for hydroxylation is 2. The van der Waals surface area contributed by atoms with Gasteiger partial charge in [0.25, 0.3) is 0 Å². The van der Waals surface area contributed by atoms with Gasteiger partial charge >= 0.3 is 0 Å². The summed E-state index contributed by atoms with van der Waals surface area (Å²) >= 11 is 0. The van der Waals surface area contributed by atoms with Gasteiger partial charge in [-0.25, -0.2) is 0 Å². The fourth-order valence-corrected chi connectivity index (χ4v) is 12.6. The van der Waals surface area contributed by atoms with Crippen molar-refractivity contribution >= 4 is 37.5 Å². The average molecular weight is 779 g/mol. The fraction of sp³-hybridized carbons (Fsp3) is 0.103. The highest BCUT2D eigenvalue weighted by molar-refractivity contribution is 8.33. The van der Waals surface area contributed by atoms with Gasteiger partial charge in [-0.15, -0.1) is 0 Å². The standard InChI is InChI=1S/C58H50S/c1-40-22-13-18-33-53(40)58(54-34-19-14-23-41(54)2)55-35-20-17-31-52(55)56(57(58)44(5)50-32-21-25-46-24-15-16-30-51(46)50)43(4)42(3)45-36-38-49(39-37-45)59(6,47-26-9-7-10-27-47)48-28-11-8-12-29-48/h7-39H,5H2,1-4,6H3/b43-42+. The van der Waals surface area contributed by atoms with Crippen LogP contribution in [0.2, 0.25) is 0 Å². The monoisotopic (exact) mass is 778 g/mol. The lowest BCUT2D eigenvalue weighted by Crippen LogP contribution is -2.32. The number of allylic oxidation sites excluding steroid dienone is 5. The number of benzene rings is 8. The zero-order valence-electron chi connectivity index (χ0n) is 34.7. The molecule has 1 aliphatic rings. The average Bonchev–Trinajstić information content (AvgIpc) is 3.60. The van der Waals surface area contributed by atoms with Crippen LogP contribution in [0.1, 0.15) is 58.4 Å². The van der Waals surface area contributed by atoms with Gasteiger partial charge in [-0.05, 0) is 168 Å². The Kier molecular flexibility index (Phi) is 9.95. The minimum absolute atomic E-state index is 0.626. The van der Waals surface area contributed by atoms with E-state index in [0.717, 1.165) is 11.1 Å². The van der Waals surface area contributed by atoms with E-state index in [-0.39, 0.29) is 0 Å². The zero-order chi connectivity index (χ0) is 40.7. The van der Waals surface area contributed by atoms with Crippen LogP contribution in [0.25, 0.3) is 27.5 Å². The van der Waals surface area contributed by atoms with Crippen LogP contribution in [-0.4, -0.2) is 6.26 Å². The highest BCUT2D eigenvalue weighted by atomic mass is 32.3. The molecule has 0 amide bonds. The Morgan fingerprint density at radius 3 is 1.53 bits per heavy atom. The lowest BCUT2D eigenvalue weighted by atomic mass is 9.62. The third kappa shape index (κ3) is 6.15. The van der Waals surface area contributed by atoms with E-state index in [1.54, 1.807) is 0 Å². The SMILES string of the molecule is C=C(C1=C(/C(C)=C(\C)c2ccc(S(C)(c3ccccc3)c3ccccc3)cc2)c2ccccc2C1(c1ccccc1C)c1ccccc1C)c1cccc2ccccc12. The minimum Gasteiger partial charge on any atom is -0.163 e. The molecule has 0 spiro atoms. The number of hydrogen-bond acceptors (Lipinski definition) is 0. The molecule has 0 aliphatic heterocycles. The van der Waals surface area contributed by atoms with E-state index in [1.165, 1.54) is 86.7 Å². The number of rotatable bonds is 9. The summed E-state index contributed by atoms with van der Waals surface area (Å²) in [6, 6.07) is 74.0. The molecule has 0 heterocycles. The van der Waals surface area contributed by atoms with E-state index in [0.29, 0.717) is 0 Å². The molecule has 0 fully saturated rings. The van der Waals surface area contributed by atoms with Crippen molar-refractivity contribution in [3.63, 3.8) is 0 Å². The Balaban J connectivity index is 1.33.